The van der Waals surface area contributed by atoms with E-state index in [4.69, 9.17) is 11.6 Å². The molecule has 1 saturated heterocycles. The van der Waals surface area contributed by atoms with Crippen molar-refractivity contribution in [2.75, 3.05) is 16.8 Å². The van der Waals surface area contributed by atoms with E-state index in [0.717, 1.165) is 35.3 Å². The summed E-state index contributed by atoms with van der Waals surface area (Å²) in [5.41, 5.74) is 2.32. The van der Waals surface area contributed by atoms with Crippen molar-refractivity contribution in [1.29, 1.82) is 0 Å². The van der Waals surface area contributed by atoms with Gasteiger partial charge in [0.1, 0.15) is 5.00 Å². The van der Waals surface area contributed by atoms with Gasteiger partial charge in [-0.1, -0.05) is 30.7 Å². The zero-order chi connectivity index (χ0) is 22.2. The molecule has 0 saturated carbocycles. The summed E-state index contributed by atoms with van der Waals surface area (Å²) in [6, 6.07) is 6.70. The molecule has 0 bridgehead atoms. The van der Waals surface area contributed by atoms with Gasteiger partial charge in [0.25, 0.3) is 5.91 Å². The average molecular weight is 481 g/mol. The minimum absolute atomic E-state index is 0.0274. The van der Waals surface area contributed by atoms with Crippen LogP contribution in [0.5, 0.6) is 0 Å². The van der Waals surface area contributed by atoms with Crippen molar-refractivity contribution in [2.24, 2.45) is 5.92 Å². The predicted octanol–water partition coefficient (Wildman–Crippen LogP) is 3.62. The van der Waals surface area contributed by atoms with Crippen LogP contribution in [0.25, 0.3) is 0 Å². The summed E-state index contributed by atoms with van der Waals surface area (Å²) >= 11 is 7.37. The van der Waals surface area contributed by atoms with Crippen LogP contribution >= 0.6 is 22.9 Å². The smallest absolute Gasteiger partial charge is 0.254 e. The van der Waals surface area contributed by atoms with Crippen LogP contribution in [0.2, 0.25) is 5.02 Å². The first-order valence-electron chi connectivity index (χ1n) is 10.4. The van der Waals surface area contributed by atoms with Crippen LogP contribution in [-0.4, -0.2) is 37.8 Å². The number of carbonyl (C=O) groups excluding carboxylic acids is 2. The number of sulfone groups is 1. The average Bonchev–Trinajstić information content (AvgIpc) is 3.21. The van der Waals surface area contributed by atoms with E-state index in [1.54, 1.807) is 24.3 Å². The molecule has 2 heterocycles. The Bertz CT molecular complexity index is 1110. The molecule has 6 nitrogen and oxygen atoms in total. The fourth-order valence-corrected chi connectivity index (χ4v) is 7.43. The molecule has 1 aliphatic carbocycles. The second-order valence-electron chi connectivity index (χ2n) is 8.48. The minimum atomic E-state index is -3.09. The van der Waals surface area contributed by atoms with E-state index in [0.29, 0.717) is 27.9 Å². The molecule has 1 fully saturated rings. The van der Waals surface area contributed by atoms with E-state index in [1.807, 2.05) is 0 Å². The number of nitrogens with one attached hydrogen (secondary N) is 2. The van der Waals surface area contributed by atoms with Crippen LogP contribution in [0, 0.1) is 5.92 Å². The van der Waals surface area contributed by atoms with E-state index in [9.17, 15) is 18.0 Å². The Morgan fingerprint density at radius 1 is 1.19 bits per heavy atom. The first kappa shape index (κ1) is 22.3. The predicted molar refractivity (Wildman–Crippen MR) is 124 cm³/mol. The molecule has 9 heteroatoms. The summed E-state index contributed by atoms with van der Waals surface area (Å²) < 4.78 is 23.5. The van der Waals surface area contributed by atoms with E-state index in [2.05, 4.69) is 17.6 Å². The number of hydrogen-bond donors (Lipinski definition) is 2. The van der Waals surface area contributed by atoms with E-state index in [-0.39, 0.29) is 35.8 Å². The second-order valence-corrected chi connectivity index (χ2v) is 12.3. The zero-order valence-corrected chi connectivity index (χ0v) is 19.6. The quantitative estimate of drug-likeness (QED) is 0.683. The maximum absolute atomic E-state index is 13.2. The molecule has 2 amide bonds. The first-order chi connectivity index (χ1) is 14.7. The van der Waals surface area contributed by atoms with Gasteiger partial charge in [0.15, 0.2) is 9.84 Å². The highest BCUT2D eigenvalue weighted by Gasteiger charge is 2.33. The number of amides is 2. The number of benzene rings is 1. The van der Waals surface area contributed by atoms with Crippen molar-refractivity contribution in [3.05, 3.63) is 50.9 Å². The monoisotopic (exact) mass is 480 g/mol. The number of anilines is 1. The number of thiophene rings is 1. The number of hydrogen-bond acceptors (Lipinski definition) is 5. The van der Waals surface area contributed by atoms with Crippen molar-refractivity contribution >= 4 is 49.6 Å². The molecule has 0 spiro atoms. The molecule has 2 atom stereocenters. The maximum atomic E-state index is 13.2. The van der Waals surface area contributed by atoms with Crippen LogP contribution in [0.4, 0.5) is 5.00 Å². The lowest BCUT2D eigenvalue weighted by Crippen LogP contribution is -2.36. The summed E-state index contributed by atoms with van der Waals surface area (Å²) in [6.45, 7) is 2.19. The topological polar surface area (TPSA) is 92.3 Å². The number of fused-ring (bicyclic) bond motifs is 1. The highest BCUT2D eigenvalue weighted by molar-refractivity contribution is 7.91. The normalized spacial score (nSPS) is 22.0. The van der Waals surface area contributed by atoms with Gasteiger partial charge in [0.2, 0.25) is 5.91 Å². The Morgan fingerprint density at radius 2 is 1.94 bits per heavy atom. The van der Waals surface area contributed by atoms with Crippen LogP contribution in [-0.2, 0) is 33.9 Å². The molecule has 31 heavy (non-hydrogen) atoms. The van der Waals surface area contributed by atoms with Crippen LogP contribution in [0.3, 0.4) is 0 Å². The van der Waals surface area contributed by atoms with Crippen LogP contribution in [0.15, 0.2) is 24.3 Å². The van der Waals surface area contributed by atoms with Crippen LogP contribution in [0.1, 0.15) is 46.1 Å². The third-order valence-corrected chi connectivity index (χ3v) is 9.03. The number of halogens is 1. The summed E-state index contributed by atoms with van der Waals surface area (Å²) in [4.78, 5) is 27.0. The molecular weight excluding hydrogens is 456 g/mol. The van der Waals surface area contributed by atoms with Gasteiger partial charge in [0.05, 0.1) is 23.5 Å². The van der Waals surface area contributed by atoms with Crippen molar-refractivity contribution in [1.82, 2.24) is 5.32 Å². The third kappa shape index (κ3) is 5.30. The van der Waals surface area contributed by atoms with Crippen molar-refractivity contribution in [3.8, 4) is 0 Å². The third-order valence-electron chi connectivity index (χ3n) is 5.84. The molecule has 4 rings (SSSR count). The molecule has 1 aromatic carbocycles. The second kappa shape index (κ2) is 8.92. The Morgan fingerprint density at radius 3 is 2.61 bits per heavy atom. The summed E-state index contributed by atoms with van der Waals surface area (Å²) in [6.07, 6.45) is 3.25. The standard InChI is InChI=1S/C22H25ClN2O4S2/c1-13-2-7-17-18(10-13)30-22(25-19(26)11-14-3-5-15(23)6-4-14)20(17)21(27)24-16-8-9-31(28,29)12-16/h3-6,13,16H,2,7-12H2,1H3,(H,24,27)(H,25,26). The lowest BCUT2D eigenvalue weighted by atomic mass is 9.88. The number of carbonyl (C=O) groups is 2. The zero-order valence-electron chi connectivity index (χ0n) is 17.2. The fraction of sp³-hybridized carbons (Fsp3) is 0.455. The highest BCUT2D eigenvalue weighted by Crippen LogP contribution is 2.40. The van der Waals surface area contributed by atoms with E-state index < -0.39 is 9.84 Å². The van der Waals surface area contributed by atoms with Gasteiger partial charge in [-0.25, -0.2) is 8.42 Å². The Balaban J connectivity index is 1.55. The molecule has 2 aromatic rings. The first-order valence-corrected chi connectivity index (χ1v) is 13.4. The van der Waals surface area contributed by atoms with E-state index in [1.165, 1.54) is 11.3 Å². The SMILES string of the molecule is CC1CCc2c(sc(NC(=O)Cc3ccc(Cl)cc3)c2C(=O)NC2CCS(=O)(=O)C2)C1. The van der Waals surface area contributed by atoms with Crippen LogP contribution < -0.4 is 10.6 Å². The molecule has 1 aliphatic heterocycles. The van der Waals surface area contributed by atoms with Gasteiger partial charge >= 0.3 is 0 Å². The Labute approximate surface area is 191 Å². The summed E-state index contributed by atoms with van der Waals surface area (Å²) in [5, 5.41) is 6.99. The molecule has 166 valence electrons. The highest BCUT2D eigenvalue weighted by atomic mass is 35.5. The fourth-order valence-electron chi connectivity index (χ4n) is 4.20. The lowest BCUT2D eigenvalue weighted by molar-refractivity contribution is -0.115. The Hall–Kier alpha value is -1.90. The van der Waals surface area contributed by atoms with Crippen molar-refractivity contribution in [3.63, 3.8) is 0 Å². The van der Waals surface area contributed by atoms with Gasteiger partial charge in [0, 0.05) is 15.9 Å². The minimum Gasteiger partial charge on any atom is -0.348 e. The Kier molecular flexibility index (Phi) is 6.42. The largest absolute Gasteiger partial charge is 0.348 e. The van der Waals surface area contributed by atoms with Gasteiger partial charge in [-0.15, -0.1) is 11.3 Å². The van der Waals surface area contributed by atoms with E-state index >= 15 is 0 Å². The van der Waals surface area contributed by atoms with Crippen molar-refractivity contribution < 1.29 is 18.0 Å². The maximum Gasteiger partial charge on any atom is 0.254 e. The van der Waals surface area contributed by atoms with Gasteiger partial charge in [-0.2, -0.15) is 0 Å². The molecule has 2 aliphatic rings. The molecule has 0 radical (unpaired) electrons. The molecular formula is C22H25ClN2O4S2. The molecule has 2 unspecified atom stereocenters. The van der Waals surface area contributed by atoms with Crippen molar-refractivity contribution in [2.45, 2.75) is 45.1 Å². The molecule has 1 aromatic heterocycles. The lowest BCUT2D eigenvalue weighted by Gasteiger charge is -2.19. The summed E-state index contributed by atoms with van der Waals surface area (Å²) in [5.74, 6) is 0.101. The van der Waals surface area contributed by atoms with Gasteiger partial charge in [-0.05, 0) is 54.9 Å². The number of rotatable bonds is 5. The summed E-state index contributed by atoms with van der Waals surface area (Å²) in [7, 11) is -3.09. The van der Waals surface area contributed by atoms with Gasteiger partial charge < -0.3 is 10.6 Å². The van der Waals surface area contributed by atoms with Gasteiger partial charge in [-0.3, -0.25) is 9.59 Å². The molecule has 2 N–H and O–H groups in total.